The molecule has 0 amide bonds. The standard InChI is InChI=1S/C33H67NO5Si2/c1-17-18-19-23(2)29(37)27(6)31(39-41(15,16)33(10,11)12)26(5)28(36)21-34-20-24(3)30(25(4)22-35)38-40(13,14)32(7,8)9/h17-19,23-27,29-31,34-35,37H,1,20-22H2,2-16H3/b19-18-/t23-,24-,25-,26-,27+,29-,30+,31+/m0/s1. The zero-order chi connectivity index (χ0) is 32.6. The summed E-state index contributed by atoms with van der Waals surface area (Å²) in [5.41, 5.74) is 0. The predicted octanol–water partition coefficient (Wildman–Crippen LogP) is 7.20. The Kier molecular flexibility index (Phi) is 16.2. The first-order chi connectivity index (χ1) is 18.4. The highest BCUT2D eigenvalue weighted by atomic mass is 28.4. The van der Waals surface area contributed by atoms with Gasteiger partial charge in [-0.3, -0.25) is 4.79 Å². The molecule has 0 aliphatic heterocycles. The van der Waals surface area contributed by atoms with Crippen molar-refractivity contribution in [2.45, 2.75) is 131 Å². The van der Waals surface area contributed by atoms with Gasteiger partial charge in [0.1, 0.15) is 0 Å². The second kappa shape index (κ2) is 16.5. The fraction of sp³-hybridized carbons (Fsp3) is 0.848. The minimum absolute atomic E-state index is 0.00242. The van der Waals surface area contributed by atoms with Gasteiger partial charge in [-0.2, -0.15) is 0 Å². The molecule has 0 aromatic carbocycles. The van der Waals surface area contributed by atoms with Crippen molar-refractivity contribution >= 4 is 22.4 Å². The van der Waals surface area contributed by atoms with E-state index >= 15 is 0 Å². The summed E-state index contributed by atoms with van der Waals surface area (Å²) in [5.74, 6) is -0.529. The molecule has 6 nitrogen and oxygen atoms in total. The number of allylic oxidation sites excluding steroid dienone is 2. The van der Waals surface area contributed by atoms with E-state index in [9.17, 15) is 15.0 Å². The van der Waals surface area contributed by atoms with Crippen LogP contribution in [0.3, 0.4) is 0 Å². The number of ketones is 1. The van der Waals surface area contributed by atoms with Gasteiger partial charge in [0.05, 0.1) is 24.9 Å². The number of Topliss-reactive ketones (excluding diaryl/α,β-unsaturated/α-hetero) is 1. The molecule has 0 aliphatic rings. The normalized spacial score (nSPS) is 19.7. The van der Waals surface area contributed by atoms with Crippen molar-refractivity contribution in [3.63, 3.8) is 0 Å². The van der Waals surface area contributed by atoms with Gasteiger partial charge in [0.25, 0.3) is 0 Å². The number of rotatable bonds is 18. The van der Waals surface area contributed by atoms with E-state index in [4.69, 9.17) is 8.85 Å². The highest BCUT2D eigenvalue weighted by Crippen LogP contribution is 2.41. The first-order valence-electron chi connectivity index (χ1n) is 15.6. The molecule has 0 bridgehead atoms. The number of hydrogen-bond acceptors (Lipinski definition) is 6. The van der Waals surface area contributed by atoms with E-state index in [-0.39, 0.29) is 64.7 Å². The summed E-state index contributed by atoms with van der Waals surface area (Å²) in [7, 11) is -4.25. The molecule has 0 aliphatic carbocycles. The molecular weight excluding hydrogens is 547 g/mol. The Balaban J connectivity index is 5.76. The third-order valence-corrected chi connectivity index (χ3v) is 18.7. The maximum absolute atomic E-state index is 13.6. The summed E-state index contributed by atoms with van der Waals surface area (Å²) in [5, 5.41) is 24.6. The molecule has 0 heterocycles. The van der Waals surface area contributed by atoms with Crippen LogP contribution in [-0.2, 0) is 13.6 Å². The highest BCUT2D eigenvalue weighted by Gasteiger charge is 2.44. The summed E-state index contributed by atoms with van der Waals surface area (Å²) in [6.45, 7) is 36.8. The van der Waals surface area contributed by atoms with Gasteiger partial charge < -0.3 is 24.4 Å². The lowest BCUT2D eigenvalue weighted by Crippen LogP contribution is -2.52. The molecule has 0 unspecified atom stereocenters. The minimum Gasteiger partial charge on any atom is -0.413 e. The third-order valence-electron chi connectivity index (χ3n) is 9.80. The van der Waals surface area contributed by atoms with Crippen LogP contribution in [0, 0.1) is 29.6 Å². The van der Waals surface area contributed by atoms with Crippen LogP contribution >= 0.6 is 0 Å². The fourth-order valence-corrected chi connectivity index (χ4v) is 7.47. The molecular formula is C33H67NO5Si2. The first-order valence-corrected chi connectivity index (χ1v) is 21.4. The Morgan fingerprint density at radius 3 is 1.76 bits per heavy atom. The lowest BCUT2D eigenvalue weighted by Gasteiger charge is -2.44. The number of carbonyl (C=O) groups excluding carboxylic acids is 1. The zero-order valence-corrected chi connectivity index (χ0v) is 31.3. The van der Waals surface area contributed by atoms with Gasteiger partial charge in [0.2, 0.25) is 0 Å². The topological polar surface area (TPSA) is 88.0 Å². The second-order valence-electron chi connectivity index (χ2n) is 15.5. The Labute approximate surface area is 256 Å². The van der Waals surface area contributed by atoms with Crippen molar-refractivity contribution in [2.24, 2.45) is 29.6 Å². The van der Waals surface area contributed by atoms with Crippen LogP contribution in [-0.4, -0.2) is 70.6 Å². The van der Waals surface area contributed by atoms with E-state index in [0.29, 0.717) is 6.54 Å². The van der Waals surface area contributed by atoms with Gasteiger partial charge in [0, 0.05) is 36.8 Å². The quantitative estimate of drug-likeness (QED) is 0.112. The Hall–Kier alpha value is -0.616. The van der Waals surface area contributed by atoms with E-state index in [1.807, 2.05) is 39.8 Å². The number of hydrogen-bond donors (Lipinski definition) is 3. The number of carbonyl (C=O) groups is 1. The molecule has 0 saturated carbocycles. The maximum Gasteiger partial charge on any atom is 0.192 e. The summed E-state index contributed by atoms with van der Waals surface area (Å²) >= 11 is 0. The molecule has 41 heavy (non-hydrogen) atoms. The fourth-order valence-electron chi connectivity index (χ4n) is 4.52. The monoisotopic (exact) mass is 613 g/mol. The van der Waals surface area contributed by atoms with Crippen molar-refractivity contribution in [1.29, 1.82) is 0 Å². The number of nitrogens with one attached hydrogen (secondary N) is 1. The van der Waals surface area contributed by atoms with Crippen molar-refractivity contribution in [1.82, 2.24) is 5.32 Å². The highest BCUT2D eigenvalue weighted by molar-refractivity contribution is 6.74. The second-order valence-corrected chi connectivity index (χ2v) is 25.1. The molecule has 3 N–H and O–H groups in total. The van der Waals surface area contributed by atoms with Crippen molar-refractivity contribution in [3.8, 4) is 0 Å². The van der Waals surface area contributed by atoms with E-state index < -0.39 is 28.8 Å². The Morgan fingerprint density at radius 1 is 0.878 bits per heavy atom. The molecule has 0 aromatic rings. The largest absolute Gasteiger partial charge is 0.413 e. The van der Waals surface area contributed by atoms with Crippen LogP contribution in [0.4, 0.5) is 0 Å². The Bertz CT molecular complexity index is 830. The SMILES string of the molecule is C=C/C=C\[C@H](C)[C@H](O)[C@@H](C)[C@H](O[Si](C)(C)C(C)(C)C)[C@@H](C)C(=O)CNC[C@H](C)[C@@H](O[Si](C)(C)C(C)(C)C)[C@@H](C)CO. The van der Waals surface area contributed by atoms with E-state index in [1.165, 1.54) is 0 Å². The first kappa shape index (κ1) is 40.4. The molecule has 8 heteroatoms. The van der Waals surface area contributed by atoms with Crippen molar-refractivity contribution in [2.75, 3.05) is 19.7 Å². The molecule has 242 valence electrons. The number of aliphatic hydroxyl groups excluding tert-OH is 2. The van der Waals surface area contributed by atoms with Crippen LogP contribution in [0.25, 0.3) is 0 Å². The van der Waals surface area contributed by atoms with Gasteiger partial charge in [-0.05, 0) is 42.2 Å². The van der Waals surface area contributed by atoms with E-state index in [1.54, 1.807) is 6.08 Å². The average Bonchev–Trinajstić information content (AvgIpc) is 2.85. The van der Waals surface area contributed by atoms with Crippen molar-refractivity contribution < 1.29 is 23.9 Å². The van der Waals surface area contributed by atoms with E-state index in [0.717, 1.165) is 0 Å². The van der Waals surface area contributed by atoms with Crippen LogP contribution in [0.15, 0.2) is 24.8 Å². The third kappa shape index (κ3) is 12.1. The molecule has 0 rings (SSSR count). The minimum atomic E-state index is -2.22. The van der Waals surface area contributed by atoms with Crippen LogP contribution in [0.2, 0.25) is 36.3 Å². The van der Waals surface area contributed by atoms with Crippen LogP contribution in [0.1, 0.15) is 76.2 Å². The van der Waals surface area contributed by atoms with Gasteiger partial charge in [-0.1, -0.05) is 101 Å². The van der Waals surface area contributed by atoms with Gasteiger partial charge in [0.15, 0.2) is 22.4 Å². The Morgan fingerprint density at radius 2 is 1.34 bits per heavy atom. The van der Waals surface area contributed by atoms with Crippen LogP contribution in [0.5, 0.6) is 0 Å². The predicted molar refractivity (Wildman–Crippen MR) is 180 cm³/mol. The van der Waals surface area contributed by atoms with Gasteiger partial charge >= 0.3 is 0 Å². The van der Waals surface area contributed by atoms with Crippen molar-refractivity contribution in [3.05, 3.63) is 24.8 Å². The lowest BCUT2D eigenvalue weighted by molar-refractivity contribution is -0.127. The lowest BCUT2D eigenvalue weighted by atomic mass is 9.82. The summed E-state index contributed by atoms with van der Waals surface area (Å²) in [6.07, 6.45) is 4.35. The zero-order valence-electron chi connectivity index (χ0n) is 29.3. The molecule has 0 radical (unpaired) electrons. The molecule has 0 saturated heterocycles. The van der Waals surface area contributed by atoms with Crippen LogP contribution < -0.4 is 5.32 Å². The summed E-state index contributed by atoms with van der Waals surface area (Å²) in [4.78, 5) is 13.6. The molecule has 0 spiro atoms. The van der Waals surface area contributed by atoms with E-state index in [2.05, 4.69) is 86.5 Å². The molecule has 8 atom stereocenters. The summed E-state index contributed by atoms with van der Waals surface area (Å²) < 4.78 is 13.6. The smallest absolute Gasteiger partial charge is 0.192 e. The average molecular weight is 614 g/mol. The molecule has 0 aromatic heterocycles. The van der Waals surface area contributed by atoms with Gasteiger partial charge in [-0.15, -0.1) is 0 Å². The maximum atomic E-state index is 13.6. The van der Waals surface area contributed by atoms with Gasteiger partial charge in [-0.25, -0.2) is 0 Å². The summed E-state index contributed by atoms with van der Waals surface area (Å²) in [6, 6.07) is 0. The number of aliphatic hydroxyl groups is 2. The molecule has 0 fully saturated rings.